The van der Waals surface area contributed by atoms with E-state index in [0.717, 1.165) is 11.5 Å². The summed E-state index contributed by atoms with van der Waals surface area (Å²) < 4.78 is 9.98. The Bertz CT molecular complexity index is 577. The summed E-state index contributed by atoms with van der Waals surface area (Å²) >= 11 is 0. The number of carbonyl (C=O) groups is 3. The molecule has 27 heavy (non-hydrogen) atoms. The summed E-state index contributed by atoms with van der Waals surface area (Å²) in [6, 6.07) is 9.21. The van der Waals surface area contributed by atoms with Crippen LogP contribution in [0.3, 0.4) is 0 Å². The van der Waals surface area contributed by atoms with Gasteiger partial charge in [-0.2, -0.15) is 0 Å². The van der Waals surface area contributed by atoms with E-state index in [1.165, 1.54) is 0 Å². The molecule has 0 saturated carbocycles. The van der Waals surface area contributed by atoms with E-state index in [-0.39, 0.29) is 19.7 Å². The largest absolute Gasteiger partial charge is 0.460 e. The van der Waals surface area contributed by atoms with Gasteiger partial charge in [-0.1, -0.05) is 51.1 Å². The van der Waals surface area contributed by atoms with Crippen LogP contribution in [0.1, 0.15) is 47.1 Å². The van der Waals surface area contributed by atoms with Crippen LogP contribution in [-0.4, -0.2) is 36.7 Å². The van der Waals surface area contributed by atoms with Crippen LogP contribution in [0.2, 0.25) is 0 Å². The zero-order valence-electron chi connectivity index (χ0n) is 17.1. The Morgan fingerprint density at radius 1 is 0.963 bits per heavy atom. The summed E-state index contributed by atoms with van der Waals surface area (Å²) in [7, 11) is 0. The number of hydrogen-bond acceptors (Lipinski definition) is 5. The first-order valence-corrected chi connectivity index (χ1v) is 8.92. The summed E-state index contributed by atoms with van der Waals surface area (Å²) in [4.78, 5) is 34.4. The molecule has 2 N–H and O–H groups in total. The molecule has 0 heterocycles. The van der Waals surface area contributed by atoms with Crippen molar-refractivity contribution in [3.63, 3.8) is 0 Å². The quantitative estimate of drug-likeness (QED) is 0.740. The molecule has 152 valence electrons. The molecule has 1 aromatic rings. The van der Waals surface area contributed by atoms with Crippen molar-refractivity contribution >= 4 is 18.0 Å². The first-order chi connectivity index (χ1) is 12.5. The Balaban J connectivity index is 0.00000153. The van der Waals surface area contributed by atoms with Crippen LogP contribution < -0.4 is 10.6 Å². The van der Waals surface area contributed by atoms with Gasteiger partial charge in [0.2, 0.25) is 5.91 Å². The van der Waals surface area contributed by atoms with Gasteiger partial charge in [-0.15, -0.1) is 0 Å². The first kappa shape index (κ1) is 24.4. The van der Waals surface area contributed by atoms with Crippen LogP contribution >= 0.6 is 0 Å². The molecule has 0 aliphatic heterocycles. The molecule has 1 rings (SSSR count). The lowest BCUT2D eigenvalue weighted by atomic mass is 10.2. The molecule has 0 aliphatic carbocycles. The second-order valence-corrected chi connectivity index (χ2v) is 7.51. The minimum absolute atomic E-state index is 0.145. The third kappa shape index (κ3) is 16.6. The second-order valence-electron chi connectivity index (χ2n) is 7.51. The molecule has 0 atom stereocenters. The number of esters is 1. The molecule has 0 fully saturated rings. The lowest BCUT2D eigenvalue weighted by Crippen LogP contribution is -2.41. The Morgan fingerprint density at radius 3 is 2.04 bits per heavy atom. The van der Waals surface area contributed by atoms with Crippen molar-refractivity contribution in [2.24, 2.45) is 5.92 Å². The van der Waals surface area contributed by atoms with E-state index in [4.69, 9.17) is 9.47 Å². The molecular weight excluding hydrogens is 348 g/mol. The van der Waals surface area contributed by atoms with E-state index in [0.29, 0.717) is 0 Å². The molecule has 1 aromatic carbocycles. The highest BCUT2D eigenvalue weighted by Crippen LogP contribution is 2.06. The number of alkyl carbamates (subject to hydrolysis) is 1. The maximum Gasteiger partial charge on any atom is 0.408 e. The smallest absolute Gasteiger partial charge is 0.408 e. The van der Waals surface area contributed by atoms with E-state index in [1.54, 1.807) is 20.8 Å². The van der Waals surface area contributed by atoms with Crippen molar-refractivity contribution in [2.45, 2.75) is 53.8 Å². The van der Waals surface area contributed by atoms with Crippen LogP contribution in [-0.2, 0) is 25.7 Å². The third-order valence-electron chi connectivity index (χ3n) is 2.46. The summed E-state index contributed by atoms with van der Waals surface area (Å²) in [5.74, 6) is -0.230. The number of nitrogens with one attached hydrogen (secondary N) is 2. The average molecular weight is 380 g/mol. The maximum absolute atomic E-state index is 11.5. The Hall–Kier alpha value is -2.57. The molecule has 0 saturated heterocycles. The molecule has 0 radical (unpaired) electrons. The van der Waals surface area contributed by atoms with Crippen molar-refractivity contribution in [1.29, 1.82) is 0 Å². The molecule has 0 bridgehead atoms. The van der Waals surface area contributed by atoms with Gasteiger partial charge in [0, 0.05) is 0 Å². The number of carbonyl (C=O) groups excluding carboxylic acids is 3. The van der Waals surface area contributed by atoms with Crippen molar-refractivity contribution in [2.75, 3.05) is 13.1 Å². The molecule has 7 nitrogen and oxygen atoms in total. The Kier molecular flexibility index (Phi) is 11.5. The van der Waals surface area contributed by atoms with E-state index >= 15 is 0 Å². The van der Waals surface area contributed by atoms with E-state index in [9.17, 15) is 14.4 Å². The van der Waals surface area contributed by atoms with Crippen LogP contribution in [0.5, 0.6) is 0 Å². The zero-order chi connectivity index (χ0) is 20.9. The highest BCUT2D eigenvalue weighted by Gasteiger charge is 2.16. The van der Waals surface area contributed by atoms with Crippen LogP contribution in [0.15, 0.2) is 30.3 Å². The lowest BCUT2D eigenvalue weighted by molar-refractivity contribution is -0.145. The first-order valence-electron chi connectivity index (χ1n) is 8.92. The summed E-state index contributed by atoms with van der Waals surface area (Å²) in [5, 5.41) is 4.65. The second kappa shape index (κ2) is 12.7. The summed E-state index contributed by atoms with van der Waals surface area (Å²) in [6.45, 7) is 11.3. The maximum atomic E-state index is 11.5. The van der Waals surface area contributed by atoms with Gasteiger partial charge in [0.05, 0.1) is 0 Å². The van der Waals surface area contributed by atoms with Crippen molar-refractivity contribution in [1.82, 2.24) is 10.6 Å². The van der Waals surface area contributed by atoms with Gasteiger partial charge in [-0.05, 0) is 32.3 Å². The van der Waals surface area contributed by atoms with Gasteiger partial charge < -0.3 is 20.1 Å². The Morgan fingerprint density at radius 2 is 1.52 bits per heavy atom. The van der Waals surface area contributed by atoms with Gasteiger partial charge in [0.15, 0.2) is 0 Å². The third-order valence-corrected chi connectivity index (χ3v) is 2.46. The van der Waals surface area contributed by atoms with Crippen molar-refractivity contribution in [3.8, 4) is 0 Å². The molecular formula is C20H32N2O5. The standard InChI is InChI=1S/C16H22N2O5.C4H10/c1-16(2,3)23-15(21)18-9-13(19)17-10-14(20)22-11-12-7-5-4-6-8-12;1-4(2)3/h4-8H,9-11H2,1-3H3,(H,17,19)(H,18,21);4H,1-3H3. The average Bonchev–Trinajstić information content (AvgIpc) is 2.55. The fourth-order valence-corrected chi connectivity index (χ4v) is 1.49. The molecule has 0 unspecified atom stereocenters. The van der Waals surface area contributed by atoms with Crippen molar-refractivity contribution in [3.05, 3.63) is 35.9 Å². The Labute approximate surface area is 161 Å². The normalized spacial score (nSPS) is 10.3. The van der Waals surface area contributed by atoms with Gasteiger partial charge in [-0.3, -0.25) is 9.59 Å². The van der Waals surface area contributed by atoms with Crippen LogP contribution in [0.25, 0.3) is 0 Å². The molecule has 0 spiro atoms. The number of hydrogen-bond donors (Lipinski definition) is 2. The summed E-state index contributed by atoms with van der Waals surface area (Å²) in [6.07, 6.45) is -0.695. The summed E-state index contributed by atoms with van der Waals surface area (Å²) in [5.41, 5.74) is 0.223. The highest BCUT2D eigenvalue weighted by atomic mass is 16.6. The SMILES string of the molecule is CC(C)(C)OC(=O)NCC(=O)NCC(=O)OCc1ccccc1.CC(C)C. The van der Waals surface area contributed by atoms with E-state index in [1.807, 2.05) is 30.3 Å². The minimum atomic E-state index is -0.695. The van der Waals surface area contributed by atoms with Gasteiger partial charge >= 0.3 is 12.1 Å². The number of benzene rings is 1. The van der Waals surface area contributed by atoms with Gasteiger partial charge in [-0.25, -0.2) is 4.79 Å². The number of rotatable bonds is 6. The van der Waals surface area contributed by atoms with E-state index < -0.39 is 23.6 Å². The predicted molar refractivity (Wildman–Crippen MR) is 104 cm³/mol. The van der Waals surface area contributed by atoms with Crippen LogP contribution in [0.4, 0.5) is 4.79 Å². The minimum Gasteiger partial charge on any atom is -0.460 e. The van der Waals surface area contributed by atoms with E-state index in [2.05, 4.69) is 31.4 Å². The number of ether oxygens (including phenoxy) is 2. The topological polar surface area (TPSA) is 93.7 Å². The fourth-order valence-electron chi connectivity index (χ4n) is 1.49. The predicted octanol–water partition coefficient (Wildman–Crippen LogP) is 3.03. The molecule has 7 heteroatoms. The molecule has 0 aromatic heterocycles. The molecule has 0 aliphatic rings. The fraction of sp³-hybridized carbons (Fsp3) is 0.550. The van der Waals surface area contributed by atoms with Crippen LogP contribution in [0, 0.1) is 5.92 Å². The van der Waals surface area contributed by atoms with Gasteiger partial charge in [0.1, 0.15) is 25.3 Å². The highest BCUT2D eigenvalue weighted by molar-refractivity contribution is 5.85. The zero-order valence-corrected chi connectivity index (χ0v) is 17.1. The van der Waals surface area contributed by atoms with Gasteiger partial charge in [0.25, 0.3) is 0 Å². The van der Waals surface area contributed by atoms with Crippen molar-refractivity contribution < 1.29 is 23.9 Å². The monoisotopic (exact) mass is 380 g/mol. The molecule has 2 amide bonds. The lowest BCUT2D eigenvalue weighted by Gasteiger charge is -2.19. The number of amides is 2.